The highest BCUT2D eigenvalue weighted by Gasteiger charge is 2.33. The number of ether oxygens (including phenoxy) is 3. The van der Waals surface area contributed by atoms with Gasteiger partial charge in [-0.3, -0.25) is 24.2 Å². The van der Waals surface area contributed by atoms with Crippen molar-refractivity contribution in [3.8, 4) is 22.9 Å². The van der Waals surface area contributed by atoms with Crippen LogP contribution in [0, 0.1) is 12.7 Å². The number of carbonyl (C=O) groups excluding carboxylic acids is 3. The topological polar surface area (TPSA) is 110 Å². The molecule has 66 heavy (non-hydrogen) atoms. The molecule has 13 heteroatoms. The van der Waals surface area contributed by atoms with E-state index in [4.69, 9.17) is 14.2 Å². The van der Waals surface area contributed by atoms with Crippen LogP contribution >= 0.6 is 0 Å². The molecule has 340 valence electrons. The molecule has 0 unspecified atom stereocenters. The van der Waals surface area contributed by atoms with Gasteiger partial charge >= 0.3 is 0 Å². The molecule has 5 heterocycles. The summed E-state index contributed by atoms with van der Waals surface area (Å²) in [4.78, 5) is 55.8. The van der Waals surface area contributed by atoms with E-state index in [2.05, 4.69) is 35.0 Å². The predicted octanol–water partition coefficient (Wildman–Crippen LogP) is 7.95. The fourth-order valence-electron chi connectivity index (χ4n) is 9.35. The summed E-state index contributed by atoms with van der Waals surface area (Å²) in [7, 11) is 3.46. The minimum absolute atomic E-state index is 0.0735. The predicted molar refractivity (Wildman–Crippen MR) is 251 cm³/mol. The third-order valence-electron chi connectivity index (χ3n) is 13.3. The molecule has 0 saturated carbocycles. The summed E-state index contributed by atoms with van der Waals surface area (Å²) >= 11 is 0. The summed E-state index contributed by atoms with van der Waals surface area (Å²) in [5, 5.41) is 0. The Morgan fingerprint density at radius 1 is 0.833 bits per heavy atom. The highest BCUT2D eigenvalue weighted by atomic mass is 19.1. The Bertz CT molecular complexity index is 2750. The number of benzene rings is 4. The van der Waals surface area contributed by atoms with Crippen LogP contribution in [0.15, 0.2) is 109 Å². The van der Waals surface area contributed by atoms with Gasteiger partial charge < -0.3 is 28.6 Å². The molecule has 1 atom stereocenters. The maximum atomic E-state index is 15.5. The van der Waals surface area contributed by atoms with Crippen LogP contribution in [-0.2, 0) is 48.9 Å². The van der Waals surface area contributed by atoms with E-state index >= 15 is 9.18 Å². The summed E-state index contributed by atoms with van der Waals surface area (Å²) in [6.07, 6.45) is 2.78. The van der Waals surface area contributed by atoms with E-state index in [1.54, 1.807) is 47.4 Å². The maximum absolute atomic E-state index is 15.5. The second-order valence-electron chi connectivity index (χ2n) is 17.3. The van der Waals surface area contributed by atoms with E-state index in [-0.39, 0.29) is 36.7 Å². The summed E-state index contributed by atoms with van der Waals surface area (Å²) in [6, 6.07) is 31.7. The highest BCUT2D eigenvalue weighted by molar-refractivity contribution is 6.12. The Hall–Kier alpha value is -6.83. The van der Waals surface area contributed by atoms with E-state index in [0.717, 1.165) is 54.1 Å². The molecular weight excluding hydrogens is 836 g/mol. The molecule has 3 aliphatic rings. The molecule has 0 radical (unpaired) electrons. The molecule has 12 nitrogen and oxygen atoms in total. The number of halogens is 1. The van der Waals surface area contributed by atoms with E-state index < -0.39 is 5.82 Å². The Morgan fingerprint density at radius 3 is 2.35 bits per heavy atom. The summed E-state index contributed by atoms with van der Waals surface area (Å²) in [5.74, 6) is -0.207. The Labute approximate surface area is 385 Å². The smallest absolute Gasteiger partial charge is 0.264 e. The standard InChI is InChI=1S/C53H55FN6O6/c1-35-26-37-10-8-9-11-40(37)34-59(35)52(62)47-28-41-33-58(51(61)29-39-14-16-44(30-48(39)54)66-25-22-57-20-23-65-24-21-57)19-18-38(41)27-46(47)49-31-45(36(2)56(49)3)53(63)60(42-12-6-5-7-13-42)43-15-17-50(64-4)55-32-43/h5-17,27-28,30-32,35H,18-26,29,33-34H2,1-4H3/t35-/m1/s1. The maximum Gasteiger partial charge on any atom is 0.264 e. The highest BCUT2D eigenvalue weighted by Crippen LogP contribution is 2.37. The normalized spacial score (nSPS) is 16.0. The van der Waals surface area contributed by atoms with Gasteiger partial charge in [0, 0.05) is 92.7 Å². The van der Waals surface area contributed by atoms with Gasteiger partial charge in [0.2, 0.25) is 11.8 Å². The minimum Gasteiger partial charge on any atom is -0.492 e. The number of fused-ring (bicyclic) bond motifs is 2. The SMILES string of the molecule is COc1ccc(N(C(=O)c2cc(-c3cc4c(cc3C(=O)N3Cc5ccccc5C[C@H]3C)CN(C(=O)Cc3ccc(OCCN5CCOCC5)cc3F)CC4)n(C)c2C)c2ccccc2)cn1. The molecule has 0 bridgehead atoms. The third-order valence-corrected chi connectivity index (χ3v) is 13.3. The third kappa shape index (κ3) is 9.18. The largest absolute Gasteiger partial charge is 0.492 e. The van der Waals surface area contributed by atoms with E-state index in [1.807, 2.05) is 78.0 Å². The van der Waals surface area contributed by atoms with Crippen LogP contribution in [0.25, 0.3) is 11.3 Å². The molecule has 2 aromatic heterocycles. The zero-order chi connectivity index (χ0) is 45.9. The van der Waals surface area contributed by atoms with Crippen molar-refractivity contribution in [2.45, 2.75) is 52.2 Å². The lowest BCUT2D eigenvalue weighted by Gasteiger charge is -2.36. The van der Waals surface area contributed by atoms with Gasteiger partial charge in [-0.1, -0.05) is 48.5 Å². The van der Waals surface area contributed by atoms with Gasteiger partial charge in [0.15, 0.2) is 0 Å². The molecule has 0 N–H and O–H groups in total. The number of pyridine rings is 1. The molecule has 6 aromatic rings. The monoisotopic (exact) mass is 890 g/mol. The second-order valence-corrected chi connectivity index (χ2v) is 17.3. The van der Waals surface area contributed by atoms with Crippen molar-refractivity contribution in [1.82, 2.24) is 24.3 Å². The molecule has 3 amide bonds. The van der Waals surface area contributed by atoms with Gasteiger partial charge in [-0.05, 0) is 97.0 Å². The second kappa shape index (κ2) is 19.3. The number of carbonyl (C=O) groups is 3. The summed E-state index contributed by atoms with van der Waals surface area (Å²) in [5.41, 5.74) is 8.87. The molecule has 1 fully saturated rings. The zero-order valence-electron chi connectivity index (χ0n) is 38.0. The molecular formula is C53H55FN6O6. The Balaban J connectivity index is 1.02. The number of aromatic nitrogens is 2. The first-order chi connectivity index (χ1) is 32.1. The Kier molecular flexibility index (Phi) is 13.0. The number of rotatable bonds is 12. The van der Waals surface area contributed by atoms with Gasteiger partial charge in [-0.25, -0.2) is 9.37 Å². The fraction of sp³-hybridized carbons (Fsp3) is 0.321. The number of hydrogen-bond donors (Lipinski definition) is 0. The molecule has 0 spiro atoms. The molecule has 1 saturated heterocycles. The molecule has 3 aliphatic heterocycles. The number of amides is 3. The van der Waals surface area contributed by atoms with Crippen LogP contribution in [0.4, 0.5) is 15.8 Å². The minimum atomic E-state index is -0.484. The van der Waals surface area contributed by atoms with Gasteiger partial charge in [0.05, 0.1) is 44.2 Å². The van der Waals surface area contributed by atoms with Gasteiger partial charge in [-0.15, -0.1) is 0 Å². The van der Waals surface area contributed by atoms with Crippen LogP contribution < -0.4 is 14.4 Å². The molecule has 0 aliphatic carbocycles. The summed E-state index contributed by atoms with van der Waals surface area (Å²) < 4.78 is 34.0. The first-order valence-corrected chi connectivity index (χ1v) is 22.6. The number of hydrogen-bond acceptors (Lipinski definition) is 8. The number of nitrogens with zero attached hydrogens (tertiary/aromatic N) is 6. The van der Waals surface area contributed by atoms with Crippen LogP contribution in [0.1, 0.15) is 61.2 Å². The lowest BCUT2D eigenvalue weighted by Crippen LogP contribution is -2.43. The first kappa shape index (κ1) is 44.4. The molecule has 4 aromatic carbocycles. The van der Waals surface area contributed by atoms with Gasteiger partial charge in [0.1, 0.15) is 18.2 Å². The zero-order valence-corrected chi connectivity index (χ0v) is 38.0. The van der Waals surface area contributed by atoms with Crippen molar-refractivity contribution >= 4 is 29.1 Å². The van der Waals surface area contributed by atoms with Crippen LogP contribution in [0.5, 0.6) is 11.6 Å². The quantitative estimate of drug-likeness (QED) is 0.122. The van der Waals surface area contributed by atoms with E-state index in [9.17, 15) is 9.59 Å². The lowest BCUT2D eigenvalue weighted by atomic mass is 9.89. The number of methoxy groups -OCH3 is 1. The van der Waals surface area contributed by atoms with Crippen LogP contribution in [-0.4, -0.2) is 101 Å². The van der Waals surface area contributed by atoms with E-state index in [0.29, 0.717) is 84.6 Å². The van der Waals surface area contributed by atoms with E-state index in [1.165, 1.54) is 11.6 Å². The van der Waals surface area contributed by atoms with Crippen molar-refractivity contribution in [3.05, 3.63) is 160 Å². The number of morpholine rings is 1. The Morgan fingerprint density at radius 2 is 1.61 bits per heavy atom. The van der Waals surface area contributed by atoms with Crippen molar-refractivity contribution in [2.24, 2.45) is 7.05 Å². The van der Waals surface area contributed by atoms with Crippen LogP contribution in [0.3, 0.4) is 0 Å². The van der Waals surface area contributed by atoms with Gasteiger partial charge in [-0.2, -0.15) is 0 Å². The van der Waals surface area contributed by atoms with Crippen molar-refractivity contribution < 1.29 is 33.0 Å². The average Bonchev–Trinajstić information content (AvgIpc) is 3.64. The van der Waals surface area contributed by atoms with Gasteiger partial charge in [0.25, 0.3) is 11.8 Å². The number of anilines is 2. The average molecular weight is 891 g/mol. The van der Waals surface area contributed by atoms with Crippen molar-refractivity contribution in [2.75, 3.05) is 58.0 Å². The first-order valence-electron chi connectivity index (χ1n) is 22.6. The van der Waals surface area contributed by atoms with Crippen molar-refractivity contribution in [3.63, 3.8) is 0 Å². The fourth-order valence-corrected chi connectivity index (χ4v) is 9.35. The van der Waals surface area contributed by atoms with Crippen LogP contribution in [0.2, 0.25) is 0 Å². The summed E-state index contributed by atoms with van der Waals surface area (Å²) in [6.45, 7) is 9.40. The van der Waals surface area contributed by atoms with Crippen molar-refractivity contribution in [1.29, 1.82) is 0 Å². The number of para-hydroxylation sites is 1. The lowest BCUT2D eigenvalue weighted by molar-refractivity contribution is -0.131. The molecule has 9 rings (SSSR count).